The van der Waals surface area contributed by atoms with Gasteiger partial charge < -0.3 is 10.8 Å². The van der Waals surface area contributed by atoms with Crippen LogP contribution < -0.4 is 5.73 Å². The first-order valence-electron chi connectivity index (χ1n) is 4.94. The molecule has 2 aromatic rings. The van der Waals surface area contributed by atoms with Gasteiger partial charge in [0.15, 0.2) is 0 Å². The second-order valence-electron chi connectivity index (χ2n) is 3.50. The number of hydrogen-bond acceptors (Lipinski definition) is 6. The monoisotopic (exact) mass is 249 g/mol. The fraction of sp³-hybridized carbons (Fsp3) is 0.182. The molecule has 0 fully saturated rings. The average molecular weight is 249 g/mol. The van der Waals surface area contributed by atoms with Crippen LogP contribution in [0.2, 0.25) is 0 Å². The van der Waals surface area contributed by atoms with Crippen molar-refractivity contribution in [2.45, 2.75) is 13.5 Å². The molecule has 0 radical (unpaired) electrons. The Morgan fingerprint density at radius 1 is 1.59 bits per heavy atom. The molecule has 2 rings (SSSR count). The number of carbonyl (C=O) groups is 1. The molecule has 5 nitrogen and oxygen atoms in total. The zero-order valence-corrected chi connectivity index (χ0v) is 9.99. The summed E-state index contributed by atoms with van der Waals surface area (Å²) >= 11 is 1.33. The van der Waals surface area contributed by atoms with E-state index in [1.807, 2.05) is 6.92 Å². The normalized spacial score (nSPS) is 10.5. The second-order valence-corrected chi connectivity index (χ2v) is 4.76. The third kappa shape index (κ3) is 2.17. The second kappa shape index (κ2) is 4.60. The van der Waals surface area contributed by atoms with Crippen LogP contribution in [0.3, 0.4) is 0 Å². The molecule has 0 aromatic carbocycles. The number of ketones is 1. The van der Waals surface area contributed by atoms with Crippen molar-refractivity contribution in [3.8, 4) is 0 Å². The molecule has 0 amide bonds. The van der Waals surface area contributed by atoms with Gasteiger partial charge in [0, 0.05) is 11.1 Å². The molecule has 88 valence electrons. The summed E-state index contributed by atoms with van der Waals surface area (Å²) in [5, 5.41) is 9.08. The van der Waals surface area contributed by atoms with Crippen LogP contribution in [0.15, 0.2) is 18.6 Å². The number of aliphatic hydroxyl groups is 1. The van der Waals surface area contributed by atoms with E-state index in [0.29, 0.717) is 10.4 Å². The summed E-state index contributed by atoms with van der Waals surface area (Å²) < 4.78 is 0. The number of thiophene rings is 1. The van der Waals surface area contributed by atoms with Crippen LogP contribution >= 0.6 is 11.3 Å². The molecule has 2 heterocycles. The highest BCUT2D eigenvalue weighted by molar-refractivity contribution is 7.14. The van der Waals surface area contributed by atoms with Gasteiger partial charge in [-0.3, -0.25) is 4.79 Å². The molecule has 0 aliphatic rings. The Bertz CT molecular complexity index is 566. The number of nitrogens with zero attached hydrogens (tertiary/aromatic N) is 2. The topological polar surface area (TPSA) is 89.1 Å². The first-order valence-corrected chi connectivity index (χ1v) is 5.75. The molecule has 0 atom stereocenters. The van der Waals surface area contributed by atoms with Crippen LogP contribution in [0.5, 0.6) is 0 Å². The van der Waals surface area contributed by atoms with Gasteiger partial charge >= 0.3 is 0 Å². The summed E-state index contributed by atoms with van der Waals surface area (Å²) in [5.74, 6) is -0.0440. The lowest BCUT2D eigenvalue weighted by atomic mass is 10.1. The van der Waals surface area contributed by atoms with Crippen molar-refractivity contribution in [2.75, 3.05) is 5.73 Å². The summed E-state index contributed by atoms with van der Waals surface area (Å²) in [6.45, 7) is 1.79. The van der Waals surface area contributed by atoms with E-state index in [9.17, 15) is 4.79 Å². The molecule has 0 unspecified atom stereocenters. The van der Waals surface area contributed by atoms with Crippen molar-refractivity contribution in [1.29, 1.82) is 0 Å². The summed E-state index contributed by atoms with van der Waals surface area (Å²) in [5.41, 5.74) is 6.67. The maximum atomic E-state index is 12.1. The van der Waals surface area contributed by atoms with Gasteiger partial charge in [-0.1, -0.05) is 0 Å². The quantitative estimate of drug-likeness (QED) is 0.796. The number of hydrogen-bond donors (Lipinski definition) is 2. The molecule has 0 aliphatic heterocycles. The summed E-state index contributed by atoms with van der Waals surface area (Å²) in [7, 11) is 0. The molecule has 0 spiro atoms. The lowest BCUT2D eigenvalue weighted by Gasteiger charge is -1.99. The average Bonchev–Trinajstić information content (AvgIpc) is 2.70. The van der Waals surface area contributed by atoms with Crippen LogP contribution in [0.1, 0.15) is 25.7 Å². The first kappa shape index (κ1) is 11.7. The summed E-state index contributed by atoms with van der Waals surface area (Å²) in [4.78, 5) is 21.1. The van der Waals surface area contributed by atoms with Crippen molar-refractivity contribution >= 4 is 22.9 Å². The van der Waals surface area contributed by atoms with Crippen LogP contribution in [0.4, 0.5) is 5.82 Å². The standard InChI is InChI=1S/C11H11N3O2S/c1-6-7(4-15)2-9(17-6)10(16)8-3-13-5-14-11(8)12/h2-3,5,15H,4H2,1H3,(H2,12,13,14). The fourth-order valence-electron chi connectivity index (χ4n) is 1.44. The molecule has 2 aromatic heterocycles. The van der Waals surface area contributed by atoms with Crippen LogP contribution in [-0.2, 0) is 6.61 Å². The smallest absolute Gasteiger partial charge is 0.208 e. The Balaban J connectivity index is 2.41. The van der Waals surface area contributed by atoms with E-state index in [1.165, 1.54) is 23.9 Å². The molecule has 0 saturated carbocycles. The molecule has 6 heteroatoms. The predicted octanol–water partition coefficient (Wildman–Crippen LogP) is 1.15. The minimum absolute atomic E-state index is 0.0730. The zero-order valence-electron chi connectivity index (χ0n) is 9.17. The number of aliphatic hydroxyl groups excluding tert-OH is 1. The van der Waals surface area contributed by atoms with Crippen LogP contribution in [0.25, 0.3) is 0 Å². The van der Waals surface area contributed by atoms with Gasteiger partial charge in [0.2, 0.25) is 5.78 Å². The maximum absolute atomic E-state index is 12.1. The van der Waals surface area contributed by atoms with Crippen LogP contribution in [0, 0.1) is 6.92 Å². The minimum atomic E-state index is -0.212. The minimum Gasteiger partial charge on any atom is -0.392 e. The van der Waals surface area contributed by atoms with Crippen LogP contribution in [-0.4, -0.2) is 20.9 Å². The number of nitrogens with two attached hydrogens (primary N) is 1. The number of anilines is 1. The van der Waals surface area contributed by atoms with Crippen molar-refractivity contribution in [3.05, 3.63) is 39.5 Å². The highest BCUT2D eigenvalue weighted by Gasteiger charge is 2.17. The first-order chi connectivity index (χ1) is 8.13. The summed E-state index contributed by atoms with van der Waals surface area (Å²) in [6.07, 6.45) is 2.70. The van der Waals surface area contributed by atoms with Crippen molar-refractivity contribution in [1.82, 2.24) is 9.97 Å². The van der Waals surface area contributed by atoms with Gasteiger partial charge in [-0.05, 0) is 18.6 Å². The zero-order chi connectivity index (χ0) is 12.4. The number of aryl methyl sites for hydroxylation is 1. The molecule has 0 bridgehead atoms. The lowest BCUT2D eigenvalue weighted by molar-refractivity contribution is 0.104. The summed E-state index contributed by atoms with van der Waals surface area (Å²) in [6, 6.07) is 1.68. The van der Waals surface area contributed by atoms with Gasteiger partial charge in [0.05, 0.1) is 17.0 Å². The van der Waals surface area contributed by atoms with E-state index in [2.05, 4.69) is 9.97 Å². The number of nitrogen functional groups attached to an aromatic ring is 1. The Morgan fingerprint density at radius 2 is 2.35 bits per heavy atom. The van der Waals surface area contributed by atoms with E-state index < -0.39 is 0 Å². The number of aromatic nitrogens is 2. The lowest BCUT2D eigenvalue weighted by Crippen LogP contribution is -2.06. The third-order valence-corrected chi connectivity index (χ3v) is 3.49. The Labute approximate surface area is 102 Å². The molecule has 0 saturated heterocycles. The SMILES string of the molecule is Cc1sc(C(=O)c2cncnc2N)cc1CO. The van der Waals surface area contributed by atoms with Gasteiger partial charge in [-0.25, -0.2) is 9.97 Å². The van der Waals surface area contributed by atoms with E-state index in [-0.39, 0.29) is 18.2 Å². The van der Waals surface area contributed by atoms with Gasteiger partial charge in [0.25, 0.3) is 0 Å². The molecular formula is C11H11N3O2S. The highest BCUT2D eigenvalue weighted by Crippen LogP contribution is 2.25. The Morgan fingerprint density at radius 3 is 2.94 bits per heavy atom. The third-order valence-electron chi connectivity index (χ3n) is 2.40. The van der Waals surface area contributed by atoms with Gasteiger partial charge in [-0.2, -0.15) is 0 Å². The molecule has 3 N–H and O–H groups in total. The number of rotatable bonds is 3. The van der Waals surface area contributed by atoms with E-state index in [1.54, 1.807) is 6.07 Å². The van der Waals surface area contributed by atoms with Crippen molar-refractivity contribution < 1.29 is 9.90 Å². The largest absolute Gasteiger partial charge is 0.392 e. The highest BCUT2D eigenvalue weighted by atomic mass is 32.1. The van der Waals surface area contributed by atoms with Crippen molar-refractivity contribution in [2.24, 2.45) is 0 Å². The van der Waals surface area contributed by atoms with E-state index in [0.717, 1.165) is 10.4 Å². The van der Waals surface area contributed by atoms with E-state index >= 15 is 0 Å². The van der Waals surface area contributed by atoms with Gasteiger partial charge in [-0.15, -0.1) is 11.3 Å². The van der Waals surface area contributed by atoms with Gasteiger partial charge in [0.1, 0.15) is 12.1 Å². The molecule has 0 aliphatic carbocycles. The predicted molar refractivity (Wildman–Crippen MR) is 64.9 cm³/mol. The Hall–Kier alpha value is -1.79. The van der Waals surface area contributed by atoms with Crippen molar-refractivity contribution in [3.63, 3.8) is 0 Å². The maximum Gasteiger partial charge on any atom is 0.208 e. The molecule has 17 heavy (non-hydrogen) atoms. The number of carbonyl (C=O) groups excluding carboxylic acids is 1. The fourth-order valence-corrected chi connectivity index (χ4v) is 2.42. The Kier molecular flexibility index (Phi) is 3.16. The molecular weight excluding hydrogens is 238 g/mol. The van der Waals surface area contributed by atoms with E-state index in [4.69, 9.17) is 10.8 Å².